The fraction of sp³-hybridized carbons (Fsp3) is 0.406. The quantitative estimate of drug-likeness (QED) is 0.162. The van der Waals surface area contributed by atoms with Gasteiger partial charge in [-0.15, -0.1) is 0 Å². The Hall–Kier alpha value is -4.06. The number of nitrogen functional groups attached to an aromatic ring is 1. The molecule has 1 aromatic carbocycles. The van der Waals surface area contributed by atoms with Gasteiger partial charge in [-0.1, -0.05) is 38.1 Å². The normalized spacial score (nSPS) is 16.7. The highest BCUT2D eigenvalue weighted by Gasteiger charge is 2.52. The molecule has 4 N–H and O–H groups in total. The van der Waals surface area contributed by atoms with Crippen LogP contribution in [-0.4, -0.2) is 62.5 Å². The number of carbonyl (C=O) groups excluding carboxylic acids is 1. The standard InChI is InChI=1S/C32H40BBrN8O6S/c1-18(10-13-22(34)24-25(35)39-26(38-24)20-16-37-42(9)17-20)49(44,45)23-14-21(33-47-31(5,6)32(7,8)48-33)12-11-19(23)15-36-27(43)28-40-29(41-46-28)30(2,3)4/h10-14,16-17H,15,35H2,1-9H3,(H,36,43)(H,38,39)/b18-10+,22-13+. The number of hydrogen-bond acceptors (Lipinski definition) is 11. The number of halogens is 1. The number of aromatic nitrogens is 6. The SMILES string of the molecule is C/C(=C\C=C(\Br)c1[nH]c(-c2cnn(C)c2)nc1N)S(=O)(=O)c1cc(B2OC(C)(C)C(C)(C)O2)ccc1CNC(=O)c1nc(C(C)(C)C)no1. The van der Waals surface area contributed by atoms with Crippen LogP contribution in [0.1, 0.15) is 83.2 Å². The number of anilines is 1. The first kappa shape index (κ1) is 36.2. The number of H-pyrrole nitrogens is 1. The van der Waals surface area contributed by atoms with Gasteiger partial charge in [-0.05, 0) is 79.8 Å². The molecule has 17 heteroatoms. The zero-order chi connectivity index (χ0) is 36.1. The average Bonchev–Trinajstić information content (AvgIpc) is 3.80. The molecule has 14 nitrogen and oxygen atoms in total. The molecule has 0 atom stereocenters. The van der Waals surface area contributed by atoms with Crippen molar-refractivity contribution in [1.29, 1.82) is 0 Å². The highest BCUT2D eigenvalue weighted by atomic mass is 79.9. The molecule has 4 aromatic rings. The van der Waals surface area contributed by atoms with E-state index in [-0.39, 0.29) is 28.1 Å². The lowest BCUT2D eigenvalue weighted by Gasteiger charge is -2.32. The summed E-state index contributed by atoms with van der Waals surface area (Å²) in [6, 6.07) is 4.88. The van der Waals surface area contributed by atoms with Crippen LogP contribution in [0.5, 0.6) is 0 Å². The number of nitrogens with one attached hydrogen (secondary N) is 2. The number of imidazole rings is 1. The number of rotatable bonds is 9. The fourth-order valence-corrected chi connectivity index (χ4v) is 6.56. The molecule has 1 aliphatic heterocycles. The molecule has 3 aromatic heterocycles. The summed E-state index contributed by atoms with van der Waals surface area (Å²) in [7, 11) is -3.14. The van der Waals surface area contributed by atoms with Crippen molar-refractivity contribution < 1.29 is 27.0 Å². The van der Waals surface area contributed by atoms with Crippen molar-refractivity contribution >= 4 is 54.6 Å². The number of aromatic amines is 1. The zero-order valence-electron chi connectivity index (χ0n) is 28.9. The second-order valence-electron chi connectivity index (χ2n) is 13.9. The predicted octanol–water partition coefficient (Wildman–Crippen LogP) is 4.42. The smallest absolute Gasteiger partial charge is 0.399 e. The maximum absolute atomic E-state index is 14.2. The van der Waals surface area contributed by atoms with E-state index in [1.807, 2.05) is 48.5 Å². The molecule has 0 radical (unpaired) electrons. The largest absolute Gasteiger partial charge is 0.494 e. The topological polar surface area (TPSA) is 193 Å². The van der Waals surface area contributed by atoms with E-state index in [0.29, 0.717) is 32.9 Å². The van der Waals surface area contributed by atoms with Crippen LogP contribution in [0.3, 0.4) is 0 Å². The van der Waals surface area contributed by atoms with Crippen molar-refractivity contribution in [3.63, 3.8) is 0 Å². The summed E-state index contributed by atoms with van der Waals surface area (Å²) in [5, 5.41) is 10.8. The molecule has 260 valence electrons. The Balaban J connectivity index is 1.47. The Morgan fingerprint density at radius 1 is 1.14 bits per heavy atom. The summed E-state index contributed by atoms with van der Waals surface area (Å²) in [5.74, 6) is 0.251. The van der Waals surface area contributed by atoms with Gasteiger partial charge in [0.2, 0.25) is 9.84 Å². The van der Waals surface area contributed by atoms with Crippen molar-refractivity contribution in [3.05, 3.63) is 70.6 Å². The summed E-state index contributed by atoms with van der Waals surface area (Å²) in [5.41, 5.74) is 6.52. The van der Waals surface area contributed by atoms with E-state index in [0.717, 1.165) is 5.56 Å². The Bertz CT molecular complexity index is 2060. The lowest BCUT2D eigenvalue weighted by molar-refractivity contribution is 0.00578. The first-order valence-corrected chi connectivity index (χ1v) is 17.7. The number of sulfone groups is 1. The number of hydrogen-bond donors (Lipinski definition) is 3. The van der Waals surface area contributed by atoms with Crippen LogP contribution in [0, 0.1) is 0 Å². The number of amides is 1. The Labute approximate surface area is 294 Å². The highest BCUT2D eigenvalue weighted by molar-refractivity contribution is 9.15. The summed E-state index contributed by atoms with van der Waals surface area (Å²) >= 11 is 3.50. The molecule has 0 spiro atoms. The van der Waals surface area contributed by atoms with E-state index in [4.69, 9.17) is 19.6 Å². The molecule has 0 saturated carbocycles. The first-order valence-electron chi connectivity index (χ1n) is 15.4. The molecule has 1 aliphatic rings. The summed E-state index contributed by atoms with van der Waals surface area (Å²) in [4.78, 5) is 24.7. The third-order valence-electron chi connectivity index (χ3n) is 8.47. The van der Waals surface area contributed by atoms with Gasteiger partial charge in [0.05, 0.1) is 33.6 Å². The van der Waals surface area contributed by atoms with Crippen LogP contribution in [0.25, 0.3) is 15.9 Å². The molecule has 4 heterocycles. The maximum Gasteiger partial charge on any atom is 0.494 e. The van der Waals surface area contributed by atoms with Crippen molar-refractivity contribution in [2.75, 3.05) is 5.73 Å². The molecule has 0 unspecified atom stereocenters. The second-order valence-corrected chi connectivity index (χ2v) is 16.8. The lowest BCUT2D eigenvalue weighted by atomic mass is 9.79. The van der Waals surface area contributed by atoms with E-state index in [9.17, 15) is 13.2 Å². The van der Waals surface area contributed by atoms with Crippen LogP contribution in [-0.2, 0) is 38.2 Å². The van der Waals surface area contributed by atoms with Gasteiger partial charge in [0.25, 0.3) is 0 Å². The molecule has 5 rings (SSSR count). The molecule has 1 fully saturated rings. The number of carbonyl (C=O) groups is 1. The van der Waals surface area contributed by atoms with Crippen molar-refractivity contribution in [3.8, 4) is 11.4 Å². The van der Waals surface area contributed by atoms with Crippen LogP contribution in [0.4, 0.5) is 5.82 Å². The summed E-state index contributed by atoms with van der Waals surface area (Å²) in [6.45, 7) is 14.7. The lowest BCUT2D eigenvalue weighted by Crippen LogP contribution is -2.41. The number of allylic oxidation sites excluding steroid dienone is 3. The third-order valence-corrected chi connectivity index (χ3v) is 11.1. The van der Waals surface area contributed by atoms with Crippen molar-refractivity contribution in [1.82, 2.24) is 35.2 Å². The predicted molar refractivity (Wildman–Crippen MR) is 189 cm³/mol. The molecule has 49 heavy (non-hydrogen) atoms. The van der Waals surface area contributed by atoms with E-state index in [2.05, 4.69) is 46.5 Å². The molecule has 1 saturated heterocycles. The fourth-order valence-electron chi connectivity index (χ4n) is 4.75. The van der Waals surface area contributed by atoms with Gasteiger partial charge in [-0.3, -0.25) is 9.48 Å². The van der Waals surface area contributed by atoms with E-state index < -0.39 is 39.5 Å². The van der Waals surface area contributed by atoms with Gasteiger partial charge in [-0.2, -0.15) is 10.1 Å². The molecule has 0 aliphatic carbocycles. The second kappa shape index (κ2) is 13.0. The number of aryl methyl sites for hydroxylation is 1. The summed E-state index contributed by atoms with van der Waals surface area (Å²) in [6.07, 6.45) is 6.48. The minimum Gasteiger partial charge on any atom is -0.399 e. The molecular formula is C32H40BBrN8O6S. The highest BCUT2D eigenvalue weighted by Crippen LogP contribution is 2.37. The van der Waals surface area contributed by atoms with Gasteiger partial charge in [0.15, 0.2) is 11.6 Å². The first-order chi connectivity index (χ1) is 22.7. The molecular weight excluding hydrogens is 715 g/mol. The number of nitrogens with zero attached hydrogens (tertiary/aromatic N) is 5. The third kappa shape index (κ3) is 7.44. The van der Waals surface area contributed by atoms with Gasteiger partial charge >= 0.3 is 18.9 Å². The van der Waals surface area contributed by atoms with Gasteiger partial charge in [0.1, 0.15) is 5.82 Å². The van der Waals surface area contributed by atoms with Gasteiger partial charge < -0.3 is 29.9 Å². The van der Waals surface area contributed by atoms with Crippen LogP contribution in [0.2, 0.25) is 0 Å². The van der Waals surface area contributed by atoms with Gasteiger partial charge in [-0.25, -0.2) is 13.4 Å². The maximum atomic E-state index is 14.2. The van der Waals surface area contributed by atoms with Crippen LogP contribution < -0.4 is 16.5 Å². The Kier molecular flexibility index (Phi) is 9.62. The van der Waals surface area contributed by atoms with E-state index >= 15 is 0 Å². The van der Waals surface area contributed by atoms with Gasteiger partial charge in [0, 0.05) is 34.6 Å². The van der Waals surface area contributed by atoms with Crippen LogP contribution >= 0.6 is 15.9 Å². The van der Waals surface area contributed by atoms with E-state index in [1.54, 1.807) is 42.3 Å². The number of benzene rings is 1. The monoisotopic (exact) mass is 754 g/mol. The minimum atomic E-state index is -4.12. The summed E-state index contributed by atoms with van der Waals surface area (Å²) < 4.78 is 48.1. The zero-order valence-corrected chi connectivity index (χ0v) is 31.3. The Morgan fingerprint density at radius 3 is 2.41 bits per heavy atom. The molecule has 0 bridgehead atoms. The average molecular weight is 756 g/mol. The van der Waals surface area contributed by atoms with E-state index in [1.165, 1.54) is 19.1 Å². The van der Waals surface area contributed by atoms with Crippen molar-refractivity contribution in [2.24, 2.45) is 7.05 Å². The minimum absolute atomic E-state index is 0.0281. The van der Waals surface area contributed by atoms with Crippen molar-refractivity contribution in [2.45, 2.75) is 83.4 Å². The molecule has 1 amide bonds. The number of nitrogens with two attached hydrogens (primary N) is 1. The van der Waals surface area contributed by atoms with Crippen LogP contribution in [0.15, 0.2) is 57.1 Å². The Morgan fingerprint density at radius 2 is 1.82 bits per heavy atom.